The number of nitro groups is 1. The van der Waals surface area contributed by atoms with Crippen molar-refractivity contribution < 1.29 is 18.8 Å². The Morgan fingerprint density at radius 3 is 2.52 bits per heavy atom. The lowest BCUT2D eigenvalue weighted by Crippen LogP contribution is -2.27. The van der Waals surface area contributed by atoms with Crippen LogP contribution in [0.1, 0.15) is 23.2 Å². The van der Waals surface area contributed by atoms with E-state index in [9.17, 15) is 19.3 Å². The van der Waals surface area contributed by atoms with E-state index in [2.05, 4.69) is 5.32 Å². The number of rotatable bonds is 9. The minimum Gasteiger partial charge on any atom is -0.494 e. The molecule has 8 heteroatoms. The predicted octanol–water partition coefficient (Wildman–Crippen LogP) is 3.39. The Balaban J connectivity index is 1.82. The Bertz CT molecular complexity index is 794. The van der Waals surface area contributed by atoms with Gasteiger partial charge >= 0.3 is 0 Å². The number of nitrogens with one attached hydrogen (secondary N) is 1. The van der Waals surface area contributed by atoms with Gasteiger partial charge < -0.3 is 15.0 Å². The summed E-state index contributed by atoms with van der Waals surface area (Å²) in [6.45, 7) is 0.864. The highest BCUT2D eigenvalue weighted by Gasteiger charge is 2.17. The van der Waals surface area contributed by atoms with E-state index in [1.807, 2.05) is 0 Å². The number of nitro benzene ring substituents is 1. The average Bonchev–Trinajstić information content (AvgIpc) is 2.65. The standard InChI is InChI=1S/C19H22FN3O4/c1-22(2)18-10-7-15(23(25)26)13-17(18)19(24)21-11-3-4-12-27-16-8-5-14(20)6-9-16/h5-10,13H,3-4,11-12H2,1-2H3,(H,21,24). The maximum Gasteiger partial charge on any atom is 0.270 e. The number of hydrogen-bond acceptors (Lipinski definition) is 5. The second kappa shape index (κ2) is 9.51. The Labute approximate surface area is 156 Å². The van der Waals surface area contributed by atoms with E-state index in [-0.39, 0.29) is 23.0 Å². The van der Waals surface area contributed by atoms with Crippen LogP contribution in [0.25, 0.3) is 0 Å². The first kappa shape index (κ1) is 20.2. The molecule has 2 aromatic rings. The third-order valence-electron chi connectivity index (χ3n) is 3.86. The minimum absolute atomic E-state index is 0.126. The zero-order chi connectivity index (χ0) is 19.8. The fraction of sp³-hybridized carbons (Fsp3) is 0.316. The molecule has 0 bridgehead atoms. The zero-order valence-electron chi connectivity index (χ0n) is 15.3. The number of anilines is 1. The van der Waals surface area contributed by atoms with Gasteiger partial charge in [-0.3, -0.25) is 14.9 Å². The van der Waals surface area contributed by atoms with Gasteiger partial charge in [-0.15, -0.1) is 0 Å². The van der Waals surface area contributed by atoms with Crippen molar-refractivity contribution in [3.8, 4) is 5.75 Å². The predicted molar refractivity (Wildman–Crippen MR) is 101 cm³/mol. The molecule has 0 aromatic heterocycles. The summed E-state index contributed by atoms with van der Waals surface area (Å²) in [6.07, 6.45) is 1.38. The second-order valence-electron chi connectivity index (χ2n) is 6.12. The molecule has 0 aliphatic rings. The normalized spacial score (nSPS) is 10.3. The number of carbonyl (C=O) groups excluding carboxylic acids is 1. The number of amides is 1. The van der Waals surface area contributed by atoms with E-state index < -0.39 is 4.92 Å². The van der Waals surface area contributed by atoms with Crippen LogP contribution in [-0.4, -0.2) is 38.1 Å². The molecule has 1 N–H and O–H groups in total. The van der Waals surface area contributed by atoms with Crippen molar-refractivity contribution in [3.63, 3.8) is 0 Å². The molecule has 0 radical (unpaired) electrons. The van der Waals surface area contributed by atoms with Gasteiger partial charge in [-0.05, 0) is 43.2 Å². The molecular formula is C19H22FN3O4. The van der Waals surface area contributed by atoms with E-state index in [1.54, 1.807) is 37.2 Å². The number of hydrogen-bond donors (Lipinski definition) is 1. The summed E-state index contributed by atoms with van der Waals surface area (Å²) in [7, 11) is 3.54. The van der Waals surface area contributed by atoms with Crippen molar-refractivity contribution >= 4 is 17.3 Å². The summed E-state index contributed by atoms with van der Waals surface area (Å²) in [5.74, 6) is -0.0854. The molecule has 0 fully saturated rings. The van der Waals surface area contributed by atoms with Crippen LogP contribution in [0.15, 0.2) is 42.5 Å². The highest BCUT2D eigenvalue weighted by atomic mass is 19.1. The quantitative estimate of drug-likeness (QED) is 0.413. The van der Waals surface area contributed by atoms with E-state index in [1.165, 1.54) is 24.3 Å². The van der Waals surface area contributed by atoms with Crippen LogP contribution in [-0.2, 0) is 0 Å². The van der Waals surface area contributed by atoms with Gasteiger partial charge in [-0.25, -0.2) is 4.39 Å². The van der Waals surface area contributed by atoms with Crippen molar-refractivity contribution in [1.29, 1.82) is 0 Å². The smallest absolute Gasteiger partial charge is 0.270 e. The Hall–Kier alpha value is -3.16. The topological polar surface area (TPSA) is 84.7 Å². The number of benzene rings is 2. The van der Waals surface area contributed by atoms with E-state index >= 15 is 0 Å². The summed E-state index contributed by atoms with van der Waals surface area (Å²) < 4.78 is 18.3. The largest absolute Gasteiger partial charge is 0.494 e. The summed E-state index contributed by atoms with van der Waals surface area (Å²) in [5, 5.41) is 13.7. The molecule has 0 heterocycles. The van der Waals surface area contributed by atoms with Gasteiger partial charge in [0.25, 0.3) is 11.6 Å². The van der Waals surface area contributed by atoms with Gasteiger partial charge in [0.1, 0.15) is 11.6 Å². The SMILES string of the molecule is CN(C)c1ccc([N+](=O)[O-])cc1C(=O)NCCCCOc1ccc(F)cc1. The van der Waals surface area contributed by atoms with Gasteiger partial charge in [0, 0.05) is 38.5 Å². The van der Waals surface area contributed by atoms with Gasteiger partial charge in [-0.1, -0.05) is 0 Å². The average molecular weight is 375 g/mol. The van der Waals surface area contributed by atoms with Gasteiger partial charge in [-0.2, -0.15) is 0 Å². The molecule has 0 saturated heterocycles. The van der Waals surface area contributed by atoms with E-state index in [0.717, 1.165) is 0 Å². The van der Waals surface area contributed by atoms with Crippen molar-refractivity contribution in [2.45, 2.75) is 12.8 Å². The van der Waals surface area contributed by atoms with E-state index in [0.29, 0.717) is 37.4 Å². The molecule has 0 saturated carbocycles. The summed E-state index contributed by atoms with van der Waals surface area (Å²) in [4.78, 5) is 24.6. The molecule has 0 aliphatic heterocycles. The third-order valence-corrected chi connectivity index (χ3v) is 3.86. The van der Waals surface area contributed by atoms with Crippen molar-refractivity contribution in [1.82, 2.24) is 5.32 Å². The summed E-state index contributed by atoms with van der Waals surface area (Å²) in [6, 6.07) is 9.99. The van der Waals surface area contributed by atoms with Crippen LogP contribution in [0.4, 0.5) is 15.8 Å². The van der Waals surface area contributed by atoms with Crippen LogP contribution >= 0.6 is 0 Å². The van der Waals surface area contributed by atoms with Gasteiger partial charge in [0.05, 0.1) is 17.1 Å². The maximum atomic E-state index is 12.8. The third kappa shape index (κ3) is 5.95. The molecule has 7 nitrogen and oxygen atoms in total. The van der Waals surface area contributed by atoms with Crippen LogP contribution in [0.3, 0.4) is 0 Å². The fourth-order valence-electron chi connectivity index (χ4n) is 2.45. The number of carbonyl (C=O) groups is 1. The van der Waals surface area contributed by atoms with Crippen molar-refractivity contribution in [3.05, 3.63) is 64.0 Å². The molecule has 0 spiro atoms. The number of nitrogens with zero attached hydrogens (tertiary/aromatic N) is 2. The number of halogens is 1. The van der Waals surface area contributed by atoms with Crippen LogP contribution in [0.2, 0.25) is 0 Å². The van der Waals surface area contributed by atoms with Crippen molar-refractivity contribution in [2.24, 2.45) is 0 Å². The molecule has 27 heavy (non-hydrogen) atoms. The first-order valence-corrected chi connectivity index (χ1v) is 8.51. The van der Waals surface area contributed by atoms with E-state index in [4.69, 9.17) is 4.74 Å². The lowest BCUT2D eigenvalue weighted by molar-refractivity contribution is -0.384. The van der Waals surface area contributed by atoms with Crippen molar-refractivity contribution in [2.75, 3.05) is 32.1 Å². The fourth-order valence-corrected chi connectivity index (χ4v) is 2.45. The highest BCUT2D eigenvalue weighted by molar-refractivity contribution is 6.00. The first-order chi connectivity index (χ1) is 12.9. The number of unbranched alkanes of at least 4 members (excludes halogenated alkanes) is 1. The molecular weight excluding hydrogens is 353 g/mol. The Morgan fingerprint density at radius 2 is 1.89 bits per heavy atom. The lowest BCUT2D eigenvalue weighted by Gasteiger charge is -2.17. The van der Waals surface area contributed by atoms with Gasteiger partial charge in [0.2, 0.25) is 0 Å². The first-order valence-electron chi connectivity index (χ1n) is 8.51. The maximum absolute atomic E-state index is 12.8. The van der Waals surface area contributed by atoms with Crippen LogP contribution < -0.4 is 15.0 Å². The molecule has 1 amide bonds. The van der Waals surface area contributed by atoms with Crippen LogP contribution in [0.5, 0.6) is 5.75 Å². The summed E-state index contributed by atoms with van der Waals surface area (Å²) >= 11 is 0. The number of non-ortho nitro benzene ring substituents is 1. The van der Waals surface area contributed by atoms with Gasteiger partial charge in [0.15, 0.2) is 0 Å². The molecule has 2 aromatic carbocycles. The molecule has 2 rings (SSSR count). The molecule has 0 aliphatic carbocycles. The Kier molecular flexibility index (Phi) is 7.10. The van der Waals surface area contributed by atoms with Crippen LogP contribution in [0, 0.1) is 15.9 Å². The monoisotopic (exact) mass is 375 g/mol. The molecule has 144 valence electrons. The second-order valence-corrected chi connectivity index (χ2v) is 6.12. The minimum atomic E-state index is -0.525. The zero-order valence-corrected chi connectivity index (χ0v) is 15.3. The summed E-state index contributed by atoms with van der Waals surface area (Å²) in [5.41, 5.74) is 0.743. The Morgan fingerprint density at radius 1 is 1.19 bits per heavy atom. The molecule has 0 atom stereocenters. The number of ether oxygens (including phenoxy) is 1. The lowest BCUT2D eigenvalue weighted by atomic mass is 10.1. The highest BCUT2D eigenvalue weighted by Crippen LogP contribution is 2.24. The molecule has 0 unspecified atom stereocenters.